The number of anilines is 1. The Morgan fingerprint density at radius 3 is 2.30 bits per heavy atom. The molecule has 27 heavy (non-hydrogen) atoms. The molecular weight excluding hydrogens is 372 g/mol. The number of carbonyl (C=O) groups is 2. The van der Waals surface area contributed by atoms with Crippen LogP contribution < -0.4 is 10.1 Å². The van der Waals surface area contributed by atoms with Crippen LogP contribution in [0.5, 0.6) is 5.75 Å². The molecule has 0 aromatic heterocycles. The first-order valence-electron chi connectivity index (χ1n) is 9.06. The van der Waals surface area contributed by atoms with Crippen LogP contribution in [0.15, 0.2) is 23.1 Å². The van der Waals surface area contributed by atoms with Crippen molar-refractivity contribution in [1.82, 2.24) is 4.31 Å². The molecule has 0 heterocycles. The number of nitrogens with one attached hydrogen (secondary N) is 1. The van der Waals surface area contributed by atoms with Crippen LogP contribution in [-0.4, -0.2) is 49.4 Å². The highest BCUT2D eigenvalue weighted by molar-refractivity contribution is 7.89. The molecule has 2 rings (SSSR count). The molecule has 0 aliphatic heterocycles. The fourth-order valence-corrected chi connectivity index (χ4v) is 4.72. The van der Waals surface area contributed by atoms with Crippen LogP contribution in [0.1, 0.15) is 33.6 Å². The maximum absolute atomic E-state index is 12.9. The Morgan fingerprint density at radius 2 is 1.81 bits per heavy atom. The number of carbonyl (C=O) groups excluding carboxylic acids is 1. The van der Waals surface area contributed by atoms with Crippen molar-refractivity contribution in [3.8, 4) is 5.75 Å². The van der Waals surface area contributed by atoms with Gasteiger partial charge in [0, 0.05) is 18.8 Å². The van der Waals surface area contributed by atoms with E-state index in [1.54, 1.807) is 26.8 Å². The van der Waals surface area contributed by atoms with Gasteiger partial charge in [0.2, 0.25) is 15.9 Å². The lowest BCUT2D eigenvalue weighted by Gasteiger charge is -2.32. The van der Waals surface area contributed by atoms with E-state index in [0.29, 0.717) is 38.2 Å². The lowest BCUT2D eigenvalue weighted by Crippen LogP contribution is -2.41. The summed E-state index contributed by atoms with van der Waals surface area (Å²) in [5, 5.41) is 11.7. The van der Waals surface area contributed by atoms with Crippen molar-refractivity contribution < 1.29 is 27.9 Å². The van der Waals surface area contributed by atoms with Crippen molar-refractivity contribution in [1.29, 1.82) is 0 Å². The summed E-state index contributed by atoms with van der Waals surface area (Å²) < 4.78 is 32.6. The number of benzene rings is 1. The van der Waals surface area contributed by atoms with Crippen molar-refractivity contribution >= 4 is 27.6 Å². The Hall–Kier alpha value is -2.13. The van der Waals surface area contributed by atoms with Gasteiger partial charge >= 0.3 is 5.97 Å². The molecule has 1 aromatic carbocycles. The van der Waals surface area contributed by atoms with E-state index in [2.05, 4.69) is 5.32 Å². The molecule has 1 aliphatic rings. The lowest BCUT2D eigenvalue weighted by atomic mass is 9.73. The molecule has 0 saturated heterocycles. The van der Waals surface area contributed by atoms with Gasteiger partial charge in [0.05, 0.1) is 18.4 Å². The minimum absolute atomic E-state index is 0.0192. The quantitative estimate of drug-likeness (QED) is 0.659. The predicted octanol–water partition coefficient (Wildman–Crippen LogP) is 2.17. The Bertz CT molecular complexity index is 804. The number of ether oxygens (including phenoxy) is 1. The molecule has 150 valence electrons. The summed E-state index contributed by atoms with van der Waals surface area (Å²) in [6, 6.07) is 4.43. The second-order valence-electron chi connectivity index (χ2n) is 6.30. The first kappa shape index (κ1) is 21.2. The molecule has 2 atom stereocenters. The number of aliphatic carboxylic acids is 1. The van der Waals surface area contributed by atoms with E-state index in [1.807, 2.05) is 0 Å². The van der Waals surface area contributed by atoms with E-state index >= 15 is 0 Å². The molecule has 0 spiro atoms. The van der Waals surface area contributed by atoms with E-state index in [4.69, 9.17) is 9.84 Å². The number of hydrogen-bond acceptors (Lipinski definition) is 5. The summed E-state index contributed by atoms with van der Waals surface area (Å²) in [7, 11) is -3.79. The molecule has 0 bridgehead atoms. The first-order chi connectivity index (χ1) is 12.8. The molecule has 1 aliphatic carbocycles. The van der Waals surface area contributed by atoms with Crippen molar-refractivity contribution in [2.75, 3.05) is 25.0 Å². The fourth-order valence-electron chi connectivity index (χ4n) is 3.11. The average Bonchev–Trinajstić information content (AvgIpc) is 2.55. The Labute approximate surface area is 159 Å². The second kappa shape index (κ2) is 8.71. The maximum atomic E-state index is 12.9. The topological polar surface area (TPSA) is 113 Å². The van der Waals surface area contributed by atoms with Crippen LogP contribution in [-0.2, 0) is 19.6 Å². The predicted molar refractivity (Wildman–Crippen MR) is 100 cm³/mol. The van der Waals surface area contributed by atoms with Gasteiger partial charge in [0.25, 0.3) is 0 Å². The number of carboxylic acids is 1. The third-order valence-electron chi connectivity index (χ3n) is 4.76. The maximum Gasteiger partial charge on any atom is 0.307 e. The monoisotopic (exact) mass is 398 g/mol. The number of carboxylic acid groups (broad SMARTS) is 1. The number of nitrogens with zero attached hydrogens (tertiary/aromatic N) is 1. The van der Waals surface area contributed by atoms with Gasteiger partial charge in [-0.15, -0.1) is 0 Å². The minimum atomic E-state index is -3.79. The van der Waals surface area contributed by atoms with Gasteiger partial charge in [-0.2, -0.15) is 4.31 Å². The zero-order chi connectivity index (χ0) is 20.2. The fraction of sp³-hybridized carbons (Fsp3) is 0.556. The zero-order valence-corrected chi connectivity index (χ0v) is 16.6. The second-order valence-corrected chi connectivity index (χ2v) is 8.21. The standard InChI is InChI=1S/C18H26N2O6S/c1-4-20(5-2)27(24,25)16-11-12(7-10-15(16)26-6-3)19-17(21)13-8-9-14(13)18(22)23/h7,10-11,13-14H,4-6,8-9H2,1-3H3,(H,19,21)(H,22,23). The Morgan fingerprint density at radius 1 is 1.19 bits per heavy atom. The Balaban J connectivity index is 2.32. The van der Waals surface area contributed by atoms with Crippen LogP contribution >= 0.6 is 0 Å². The van der Waals surface area contributed by atoms with Gasteiger partial charge in [-0.25, -0.2) is 8.42 Å². The molecule has 8 nitrogen and oxygen atoms in total. The molecule has 1 aromatic rings. The molecule has 1 fully saturated rings. The summed E-state index contributed by atoms with van der Waals surface area (Å²) in [5.74, 6) is -2.47. The molecular formula is C18H26N2O6S. The van der Waals surface area contributed by atoms with Crippen molar-refractivity contribution in [2.24, 2.45) is 11.8 Å². The highest BCUT2D eigenvalue weighted by Crippen LogP contribution is 2.36. The third kappa shape index (κ3) is 4.41. The summed E-state index contributed by atoms with van der Waals surface area (Å²) in [6.45, 7) is 6.17. The van der Waals surface area contributed by atoms with E-state index < -0.39 is 33.7 Å². The summed E-state index contributed by atoms with van der Waals surface area (Å²) in [5.41, 5.74) is 0.297. The highest BCUT2D eigenvalue weighted by Gasteiger charge is 2.41. The molecule has 1 saturated carbocycles. The summed E-state index contributed by atoms with van der Waals surface area (Å²) in [6.07, 6.45) is 0.975. The summed E-state index contributed by atoms with van der Waals surface area (Å²) in [4.78, 5) is 23.5. The van der Waals surface area contributed by atoms with Gasteiger partial charge in [-0.3, -0.25) is 9.59 Å². The van der Waals surface area contributed by atoms with E-state index in [1.165, 1.54) is 16.4 Å². The van der Waals surface area contributed by atoms with Crippen LogP contribution in [0.2, 0.25) is 0 Å². The van der Waals surface area contributed by atoms with Crippen molar-refractivity contribution in [3.63, 3.8) is 0 Å². The highest BCUT2D eigenvalue weighted by atomic mass is 32.2. The van der Waals surface area contributed by atoms with Crippen LogP contribution in [0, 0.1) is 11.8 Å². The number of rotatable bonds is 9. The van der Waals surface area contributed by atoms with Gasteiger partial charge in [-0.1, -0.05) is 13.8 Å². The van der Waals surface area contributed by atoms with Gasteiger partial charge in [-0.05, 0) is 38.0 Å². The van der Waals surface area contributed by atoms with Crippen LogP contribution in [0.3, 0.4) is 0 Å². The Kier molecular flexibility index (Phi) is 6.83. The molecule has 2 unspecified atom stereocenters. The molecule has 2 N–H and O–H groups in total. The number of amides is 1. The number of sulfonamides is 1. The normalized spacial score (nSPS) is 19.4. The van der Waals surface area contributed by atoms with Gasteiger partial charge in [0.1, 0.15) is 10.6 Å². The average molecular weight is 398 g/mol. The van der Waals surface area contributed by atoms with E-state index in [0.717, 1.165) is 0 Å². The van der Waals surface area contributed by atoms with E-state index in [-0.39, 0.29) is 10.6 Å². The van der Waals surface area contributed by atoms with E-state index in [9.17, 15) is 18.0 Å². The SMILES string of the molecule is CCOc1ccc(NC(=O)C2CCC2C(=O)O)cc1S(=O)(=O)N(CC)CC. The summed E-state index contributed by atoms with van der Waals surface area (Å²) >= 11 is 0. The zero-order valence-electron chi connectivity index (χ0n) is 15.8. The van der Waals surface area contributed by atoms with Crippen molar-refractivity contribution in [3.05, 3.63) is 18.2 Å². The molecule has 0 radical (unpaired) electrons. The third-order valence-corrected chi connectivity index (χ3v) is 6.83. The largest absolute Gasteiger partial charge is 0.492 e. The number of hydrogen-bond donors (Lipinski definition) is 2. The van der Waals surface area contributed by atoms with Crippen molar-refractivity contribution in [2.45, 2.75) is 38.5 Å². The minimum Gasteiger partial charge on any atom is -0.492 e. The van der Waals surface area contributed by atoms with Crippen LogP contribution in [0.25, 0.3) is 0 Å². The lowest BCUT2D eigenvalue weighted by molar-refractivity contribution is -0.151. The van der Waals surface area contributed by atoms with Gasteiger partial charge in [0.15, 0.2) is 0 Å². The van der Waals surface area contributed by atoms with Crippen LogP contribution in [0.4, 0.5) is 5.69 Å². The van der Waals surface area contributed by atoms with Gasteiger partial charge < -0.3 is 15.2 Å². The first-order valence-corrected chi connectivity index (χ1v) is 10.5. The molecule has 1 amide bonds. The smallest absolute Gasteiger partial charge is 0.307 e. The molecule has 9 heteroatoms.